The molecule has 0 bridgehead atoms. The fraction of sp³-hybridized carbons (Fsp3) is 0.438. The third-order valence-corrected chi connectivity index (χ3v) is 3.96. The van der Waals surface area contributed by atoms with Crippen molar-refractivity contribution in [1.29, 1.82) is 0 Å². The third-order valence-electron chi connectivity index (χ3n) is 3.27. The van der Waals surface area contributed by atoms with Crippen LogP contribution in [-0.2, 0) is 5.41 Å². The highest BCUT2D eigenvalue weighted by molar-refractivity contribution is 9.10. The fourth-order valence-corrected chi connectivity index (χ4v) is 2.67. The molecule has 0 aliphatic heterocycles. The number of nitrogens with one attached hydrogen (secondary N) is 1. The van der Waals surface area contributed by atoms with Crippen molar-refractivity contribution >= 4 is 32.7 Å². The molecule has 2 aromatic rings. The van der Waals surface area contributed by atoms with Crippen molar-refractivity contribution in [2.75, 3.05) is 19.0 Å². The molecule has 3 nitrogen and oxygen atoms in total. The van der Waals surface area contributed by atoms with Crippen molar-refractivity contribution in [3.8, 4) is 5.75 Å². The van der Waals surface area contributed by atoms with Gasteiger partial charge in [0.15, 0.2) is 0 Å². The number of hydrogen-bond donors (Lipinski definition) is 1. The second-order valence-corrected chi connectivity index (χ2v) is 6.67. The van der Waals surface area contributed by atoms with Crippen LogP contribution in [0.4, 0.5) is 5.82 Å². The molecule has 1 N–H and O–H groups in total. The molecule has 2 rings (SSSR count). The van der Waals surface area contributed by atoms with Gasteiger partial charge in [-0.05, 0) is 30.5 Å². The number of pyridine rings is 1. The standard InChI is InChI=1S/C16H21BrN2O/c1-6-18-15-11(16(2,3)4)9-10-12(17)7-8-13(20-5)14(10)19-15/h7-9H,6H2,1-5H3,(H,18,19). The Kier molecular flexibility index (Phi) is 4.23. The molecule has 0 atom stereocenters. The number of hydrogen-bond acceptors (Lipinski definition) is 3. The number of aromatic nitrogens is 1. The summed E-state index contributed by atoms with van der Waals surface area (Å²) in [7, 11) is 1.68. The number of halogens is 1. The van der Waals surface area contributed by atoms with E-state index in [1.807, 2.05) is 12.1 Å². The van der Waals surface area contributed by atoms with E-state index in [1.54, 1.807) is 7.11 Å². The summed E-state index contributed by atoms with van der Waals surface area (Å²) in [5.41, 5.74) is 2.12. The Labute approximate surface area is 128 Å². The highest BCUT2D eigenvalue weighted by Crippen LogP contribution is 2.37. The van der Waals surface area contributed by atoms with Gasteiger partial charge in [0, 0.05) is 22.0 Å². The number of ether oxygens (including phenoxy) is 1. The molecule has 0 radical (unpaired) electrons. The van der Waals surface area contributed by atoms with Crippen LogP contribution in [0.1, 0.15) is 33.3 Å². The average Bonchev–Trinajstić information content (AvgIpc) is 2.38. The van der Waals surface area contributed by atoms with Crippen molar-refractivity contribution in [2.45, 2.75) is 33.1 Å². The Morgan fingerprint density at radius 1 is 1.30 bits per heavy atom. The highest BCUT2D eigenvalue weighted by atomic mass is 79.9. The monoisotopic (exact) mass is 336 g/mol. The van der Waals surface area contributed by atoms with Gasteiger partial charge in [0.1, 0.15) is 17.1 Å². The number of benzene rings is 1. The second kappa shape index (κ2) is 5.60. The Balaban J connectivity index is 2.81. The maximum Gasteiger partial charge on any atom is 0.145 e. The van der Waals surface area contributed by atoms with Crippen molar-refractivity contribution in [1.82, 2.24) is 4.98 Å². The quantitative estimate of drug-likeness (QED) is 0.879. The van der Waals surface area contributed by atoms with Crippen LogP contribution in [0.15, 0.2) is 22.7 Å². The van der Waals surface area contributed by atoms with E-state index in [2.05, 4.69) is 55.0 Å². The zero-order chi connectivity index (χ0) is 14.9. The third kappa shape index (κ3) is 2.75. The Morgan fingerprint density at radius 3 is 2.55 bits per heavy atom. The summed E-state index contributed by atoms with van der Waals surface area (Å²) < 4.78 is 6.47. The molecule has 108 valence electrons. The topological polar surface area (TPSA) is 34.2 Å². The van der Waals surface area contributed by atoms with Gasteiger partial charge < -0.3 is 10.1 Å². The largest absolute Gasteiger partial charge is 0.494 e. The van der Waals surface area contributed by atoms with Gasteiger partial charge in [-0.2, -0.15) is 0 Å². The van der Waals surface area contributed by atoms with Crippen molar-refractivity contribution in [2.24, 2.45) is 0 Å². The SMILES string of the molecule is CCNc1nc2c(OC)ccc(Br)c2cc1C(C)(C)C. The van der Waals surface area contributed by atoms with E-state index in [9.17, 15) is 0 Å². The first-order valence-electron chi connectivity index (χ1n) is 6.80. The van der Waals surface area contributed by atoms with E-state index in [1.165, 1.54) is 5.56 Å². The smallest absolute Gasteiger partial charge is 0.145 e. The van der Waals surface area contributed by atoms with Crippen molar-refractivity contribution in [3.63, 3.8) is 0 Å². The molecule has 0 aliphatic rings. The van der Waals surface area contributed by atoms with Crippen molar-refractivity contribution < 1.29 is 4.74 Å². The second-order valence-electron chi connectivity index (χ2n) is 5.81. The van der Waals surface area contributed by atoms with Gasteiger partial charge in [0.25, 0.3) is 0 Å². The van der Waals surface area contributed by atoms with Gasteiger partial charge >= 0.3 is 0 Å². The molecular weight excluding hydrogens is 316 g/mol. The first kappa shape index (κ1) is 15.1. The van der Waals surface area contributed by atoms with Gasteiger partial charge in [-0.3, -0.25) is 0 Å². The number of anilines is 1. The predicted octanol–water partition coefficient (Wildman–Crippen LogP) is 4.74. The summed E-state index contributed by atoms with van der Waals surface area (Å²) in [5.74, 6) is 1.73. The molecule has 0 unspecified atom stereocenters. The first-order chi connectivity index (χ1) is 9.38. The minimum Gasteiger partial charge on any atom is -0.494 e. The van der Waals surface area contributed by atoms with E-state index in [0.29, 0.717) is 0 Å². The van der Waals surface area contributed by atoms with Crippen LogP contribution in [0.25, 0.3) is 10.9 Å². The van der Waals surface area contributed by atoms with Gasteiger partial charge in [0.05, 0.1) is 7.11 Å². The molecule has 0 fully saturated rings. The van der Waals surface area contributed by atoms with E-state index >= 15 is 0 Å². The van der Waals surface area contributed by atoms with Crippen molar-refractivity contribution in [3.05, 3.63) is 28.2 Å². The van der Waals surface area contributed by atoms with Gasteiger partial charge in [0.2, 0.25) is 0 Å². The Morgan fingerprint density at radius 2 is 2.00 bits per heavy atom. The van der Waals surface area contributed by atoms with Crippen LogP contribution in [0.5, 0.6) is 5.75 Å². The zero-order valence-corrected chi connectivity index (χ0v) is 14.3. The molecule has 4 heteroatoms. The first-order valence-corrected chi connectivity index (χ1v) is 7.59. The molecule has 1 aromatic heterocycles. The van der Waals surface area contributed by atoms with Crippen LogP contribution in [0, 0.1) is 0 Å². The van der Waals surface area contributed by atoms with Crippen LogP contribution in [0.2, 0.25) is 0 Å². The molecule has 0 spiro atoms. The molecule has 1 aromatic carbocycles. The van der Waals surface area contributed by atoms with Crippen LogP contribution >= 0.6 is 15.9 Å². The van der Waals surface area contributed by atoms with Crippen LogP contribution in [0.3, 0.4) is 0 Å². The van der Waals surface area contributed by atoms with Gasteiger partial charge in [-0.15, -0.1) is 0 Å². The lowest BCUT2D eigenvalue weighted by Gasteiger charge is -2.23. The number of rotatable bonds is 3. The maximum atomic E-state index is 5.43. The van der Waals surface area contributed by atoms with E-state index in [-0.39, 0.29) is 5.41 Å². The normalized spacial score (nSPS) is 11.7. The Hall–Kier alpha value is -1.29. The molecule has 20 heavy (non-hydrogen) atoms. The molecular formula is C16H21BrN2O. The summed E-state index contributed by atoms with van der Waals surface area (Å²) in [4.78, 5) is 4.80. The minimum absolute atomic E-state index is 0.0290. The lowest BCUT2D eigenvalue weighted by Crippen LogP contribution is -2.16. The summed E-state index contributed by atoms with van der Waals surface area (Å²) >= 11 is 3.61. The van der Waals surface area contributed by atoms with E-state index in [0.717, 1.165) is 33.5 Å². The summed E-state index contributed by atoms with van der Waals surface area (Å²) in [5, 5.41) is 4.44. The van der Waals surface area contributed by atoms with E-state index in [4.69, 9.17) is 9.72 Å². The molecule has 1 heterocycles. The fourth-order valence-electron chi connectivity index (χ4n) is 2.24. The lowest BCUT2D eigenvalue weighted by atomic mass is 9.86. The molecule has 0 saturated heterocycles. The highest BCUT2D eigenvalue weighted by Gasteiger charge is 2.21. The summed E-state index contributed by atoms with van der Waals surface area (Å²) in [6, 6.07) is 6.14. The molecule has 0 aliphatic carbocycles. The number of fused-ring (bicyclic) bond motifs is 1. The maximum absolute atomic E-state index is 5.43. The van der Waals surface area contributed by atoms with Gasteiger partial charge in [-0.1, -0.05) is 36.7 Å². The summed E-state index contributed by atoms with van der Waals surface area (Å²) in [6.07, 6.45) is 0. The Bertz CT molecular complexity index is 632. The predicted molar refractivity (Wildman–Crippen MR) is 88.9 cm³/mol. The molecule has 0 saturated carbocycles. The lowest BCUT2D eigenvalue weighted by molar-refractivity contribution is 0.419. The zero-order valence-electron chi connectivity index (χ0n) is 12.7. The average molecular weight is 337 g/mol. The van der Waals surface area contributed by atoms with E-state index < -0.39 is 0 Å². The number of nitrogens with zero attached hydrogens (tertiary/aromatic N) is 1. The number of methoxy groups -OCH3 is 1. The summed E-state index contributed by atoms with van der Waals surface area (Å²) in [6.45, 7) is 9.52. The molecule has 0 amide bonds. The van der Waals surface area contributed by atoms with Crippen LogP contribution in [-0.4, -0.2) is 18.6 Å². The van der Waals surface area contributed by atoms with Gasteiger partial charge in [-0.25, -0.2) is 4.98 Å². The van der Waals surface area contributed by atoms with Crippen LogP contribution < -0.4 is 10.1 Å². The minimum atomic E-state index is 0.0290.